The van der Waals surface area contributed by atoms with Gasteiger partial charge in [0.25, 0.3) is 0 Å². The van der Waals surface area contributed by atoms with Crippen LogP contribution in [0.2, 0.25) is 0 Å². The van der Waals surface area contributed by atoms with Crippen LogP contribution in [0.1, 0.15) is 271 Å². The van der Waals surface area contributed by atoms with Gasteiger partial charge in [-0.25, -0.2) is 0 Å². The SMILES string of the molecule is CCCCCCCCC/C=C/CCCC(O)C(O)C(COC1OC(CO)C(O)C(O)C1O)NC(=O)C(O)CCCCCCCCCCCCCCCCCC/C=C\C/C=C\CCCCCCCCCCC. The Labute approximate surface area is 435 Å². The van der Waals surface area contributed by atoms with Gasteiger partial charge in [-0.15, -0.1) is 0 Å². The van der Waals surface area contributed by atoms with Crippen molar-refractivity contribution in [1.82, 2.24) is 5.32 Å². The van der Waals surface area contributed by atoms with Crippen molar-refractivity contribution >= 4 is 5.91 Å². The van der Waals surface area contributed by atoms with Gasteiger partial charge in [-0.3, -0.25) is 4.79 Å². The van der Waals surface area contributed by atoms with Crippen LogP contribution in [0.4, 0.5) is 0 Å². The Bertz CT molecular complexity index is 1250. The van der Waals surface area contributed by atoms with Crippen molar-refractivity contribution in [3.8, 4) is 0 Å². The van der Waals surface area contributed by atoms with E-state index in [9.17, 15) is 40.5 Å². The largest absolute Gasteiger partial charge is 0.394 e. The van der Waals surface area contributed by atoms with Gasteiger partial charge in [0.15, 0.2) is 6.29 Å². The maximum atomic E-state index is 13.2. The molecule has 1 fully saturated rings. The van der Waals surface area contributed by atoms with Gasteiger partial charge < -0.3 is 50.5 Å². The lowest BCUT2D eigenvalue weighted by molar-refractivity contribution is -0.303. The fourth-order valence-corrected chi connectivity index (χ4v) is 9.53. The minimum atomic E-state index is -1.67. The monoisotopic (exact) mass is 1010 g/mol. The lowest BCUT2D eigenvalue weighted by Crippen LogP contribution is -2.60. The lowest BCUT2D eigenvalue weighted by Gasteiger charge is -2.40. The molecule has 8 N–H and O–H groups in total. The maximum absolute atomic E-state index is 13.2. The molecule has 11 nitrogen and oxygen atoms in total. The minimum Gasteiger partial charge on any atom is -0.394 e. The fraction of sp³-hybridized carbons (Fsp3) is 0.883. The molecule has 1 heterocycles. The summed E-state index contributed by atoms with van der Waals surface area (Å²) in [4.78, 5) is 13.2. The Kier molecular flexibility index (Phi) is 46.7. The molecule has 0 radical (unpaired) electrons. The van der Waals surface area contributed by atoms with Gasteiger partial charge in [-0.1, -0.05) is 237 Å². The normalized spacial score (nSPS) is 20.4. The standard InChI is InChI=1S/C60H113NO10/c1-3-5-7-9-11-13-15-17-18-19-20-21-22-23-24-25-26-27-28-29-30-31-32-33-34-35-36-38-40-42-44-46-48-53(64)59(69)61-51(50-70-60-58(68)57(67)56(66)54(49-62)71-60)55(65)52(63)47-45-43-41-39-37-16-14-12-10-8-6-4-2/h20-21,23-24,39,41,51-58,60,62-68H,3-19,22,25-38,40,42-50H2,1-2H3,(H,61,69)/b21-20-,24-23-,41-39+. The van der Waals surface area contributed by atoms with Crippen LogP contribution in [-0.4, -0.2) is 110 Å². The van der Waals surface area contributed by atoms with Crippen molar-refractivity contribution in [2.75, 3.05) is 13.2 Å². The first-order valence-corrected chi connectivity index (χ1v) is 29.9. The van der Waals surface area contributed by atoms with Crippen LogP contribution in [0, 0.1) is 0 Å². The second-order valence-corrected chi connectivity index (χ2v) is 21.1. The zero-order chi connectivity index (χ0) is 51.8. The molecule has 0 aromatic carbocycles. The van der Waals surface area contributed by atoms with Gasteiger partial charge in [0.05, 0.1) is 25.4 Å². The van der Waals surface area contributed by atoms with Crippen molar-refractivity contribution in [3.63, 3.8) is 0 Å². The molecule has 9 unspecified atom stereocenters. The van der Waals surface area contributed by atoms with Gasteiger partial charge in [-0.05, 0) is 70.6 Å². The molecule has 0 spiro atoms. The number of unbranched alkanes of at least 4 members (excludes halogenated alkanes) is 33. The summed E-state index contributed by atoms with van der Waals surface area (Å²) in [6.07, 6.45) is 49.4. The molecule has 418 valence electrons. The molecule has 1 aliphatic heterocycles. The van der Waals surface area contributed by atoms with Crippen molar-refractivity contribution in [2.24, 2.45) is 0 Å². The summed E-state index contributed by atoms with van der Waals surface area (Å²) in [5, 5.41) is 75.9. The number of carbonyl (C=O) groups is 1. The number of allylic oxidation sites excluding steroid dienone is 6. The van der Waals surface area contributed by atoms with E-state index in [-0.39, 0.29) is 12.8 Å². The molecular weight excluding hydrogens is 895 g/mol. The van der Waals surface area contributed by atoms with Crippen LogP contribution >= 0.6 is 0 Å². The van der Waals surface area contributed by atoms with E-state index in [1.165, 1.54) is 186 Å². The highest BCUT2D eigenvalue weighted by atomic mass is 16.7. The molecule has 1 saturated heterocycles. The van der Waals surface area contributed by atoms with Gasteiger partial charge in [-0.2, -0.15) is 0 Å². The second kappa shape index (κ2) is 49.2. The zero-order valence-electron chi connectivity index (χ0n) is 45.7. The molecule has 0 bridgehead atoms. The molecule has 0 aromatic heterocycles. The number of aliphatic hydroxyl groups excluding tert-OH is 7. The van der Waals surface area contributed by atoms with Crippen LogP contribution in [0.25, 0.3) is 0 Å². The summed E-state index contributed by atoms with van der Waals surface area (Å²) in [7, 11) is 0. The van der Waals surface area contributed by atoms with E-state index >= 15 is 0 Å². The number of nitrogens with one attached hydrogen (secondary N) is 1. The molecule has 0 aliphatic carbocycles. The zero-order valence-corrected chi connectivity index (χ0v) is 45.7. The average Bonchev–Trinajstić information content (AvgIpc) is 3.37. The molecular formula is C60H113NO10. The fourth-order valence-electron chi connectivity index (χ4n) is 9.53. The summed E-state index contributed by atoms with van der Waals surface area (Å²) in [5.41, 5.74) is 0. The van der Waals surface area contributed by atoms with Crippen molar-refractivity contribution in [3.05, 3.63) is 36.5 Å². The number of amides is 1. The predicted octanol–water partition coefficient (Wildman–Crippen LogP) is 12.7. The highest BCUT2D eigenvalue weighted by Crippen LogP contribution is 2.23. The van der Waals surface area contributed by atoms with Crippen molar-refractivity contribution in [1.29, 1.82) is 0 Å². The summed E-state index contributed by atoms with van der Waals surface area (Å²) >= 11 is 0. The Balaban J connectivity index is 2.19. The molecule has 0 saturated carbocycles. The summed E-state index contributed by atoms with van der Waals surface area (Å²) in [6.45, 7) is 3.43. The van der Waals surface area contributed by atoms with Gasteiger partial charge in [0, 0.05) is 0 Å². The Morgan fingerprint density at radius 1 is 0.493 bits per heavy atom. The maximum Gasteiger partial charge on any atom is 0.249 e. The topological polar surface area (TPSA) is 189 Å². The van der Waals surface area contributed by atoms with E-state index in [4.69, 9.17) is 9.47 Å². The van der Waals surface area contributed by atoms with Crippen LogP contribution in [-0.2, 0) is 14.3 Å². The van der Waals surface area contributed by atoms with Crippen LogP contribution < -0.4 is 5.32 Å². The number of hydrogen-bond acceptors (Lipinski definition) is 10. The summed E-state index contributed by atoms with van der Waals surface area (Å²) < 4.78 is 11.1. The molecule has 9 atom stereocenters. The highest BCUT2D eigenvalue weighted by Gasteiger charge is 2.44. The van der Waals surface area contributed by atoms with Gasteiger partial charge in [0.1, 0.15) is 36.6 Å². The average molecular weight is 1010 g/mol. The van der Waals surface area contributed by atoms with Gasteiger partial charge >= 0.3 is 0 Å². The van der Waals surface area contributed by atoms with E-state index in [1.807, 2.05) is 0 Å². The first-order valence-electron chi connectivity index (χ1n) is 29.9. The minimum absolute atomic E-state index is 0.255. The molecule has 1 rings (SSSR count). The number of carbonyl (C=O) groups excluding carboxylic acids is 1. The third kappa shape index (κ3) is 37.7. The molecule has 1 amide bonds. The van der Waals surface area contributed by atoms with Crippen LogP contribution in [0.3, 0.4) is 0 Å². The molecule has 0 aromatic rings. The van der Waals surface area contributed by atoms with E-state index in [0.29, 0.717) is 12.8 Å². The molecule has 1 aliphatic rings. The van der Waals surface area contributed by atoms with Gasteiger partial charge in [0.2, 0.25) is 5.91 Å². The number of rotatable bonds is 51. The van der Waals surface area contributed by atoms with Crippen molar-refractivity contribution < 1.29 is 50.0 Å². The third-order valence-electron chi connectivity index (χ3n) is 14.4. The number of ether oxygens (including phenoxy) is 2. The summed E-state index contributed by atoms with van der Waals surface area (Å²) in [5.74, 6) is -0.705. The summed E-state index contributed by atoms with van der Waals surface area (Å²) in [6, 6.07) is -1.18. The highest BCUT2D eigenvalue weighted by molar-refractivity contribution is 5.80. The molecule has 11 heteroatoms. The molecule has 71 heavy (non-hydrogen) atoms. The number of aliphatic hydroxyl groups is 7. The first-order chi connectivity index (χ1) is 34.7. The van der Waals surface area contributed by atoms with E-state index < -0.39 is 74.2 Å². The predicted molar refractivity (Wildman–Crippen MR) is 293 cm³/mol. The lowest BCUT2D eigenvalue weighted by atomic mass is 9.98. The van der Waals surface area contributed by atoms with E-state index in [2.05, 4.69) is 55.6 Å². The van der Waals surface area contributed by atoms with E-state index in [0.717, 1.165) is 44.9 Å². The quantitative estimate of drug-likeness (QED) is 0.0215. The van der Waals surface area contributed by atoms with E-state index in [1.54, 1.807) is 0 Å². The van der Waals surface area contributed by atoms with Crippen molar-refractivity contribution in [2.45, 2.75) is 326 Å². The third-order valence-corrected chi connectivity index (χ3v) is 14.4. The number of hydrogen-bond donors (Lipinski definition) is 8. The smallest absolute Gasteiger partial charge is 0.249 e. The Morgan fingerprint density at radius 2 is 0.873 bits per heavy atom. The van der Waals surface area contributed by atoms with Crippen LogP contribution in [0.5, 0.6) is 0 Å². The first kappa shape index (κ1) is 67.3. The Morgan fingerprint density at radius 3 is 1.30 bits per heavy atom. The van der Waals surface area contributed by atoms with Crippen LogP contribution in [0.15, 0.2) is 36.5 Å². The second-order valence-electron chi connectivity index (χ2n) is 21.1. The Hall–Kier alpha value is -1.67.